The molecule has 1 aliphatic carbocycles. The van der Waals surface area contributed by atoms with Crippen LogP contribution in [0, 0.1) is 0 Å². The van der Waals surface area contributed by atoms with Gasteiger partial charge in [0.05, 0.1) is 41.3 Å². The number of methoxy groups -OCH3 is 1. The molecule has 36 heavy (non-hydrogen) atoms. The number of aryl methyl sites for hydroxylation is 2. The van der Waals surface area contributed by atoms with Gasteiger partial charge in [0.1, 0.15) is 10.8 Å². The van der Waals surface area contributed by atoms with Gasteiger partial charge in [-0.15, -0.1) is 23.1 Å². The van der Waals surface area contributed by atoms with Crippen LogP contribution in [0.2, 0.25) is 0 Å². The third kappa shape index (κ3) is 4.79. The van der Waals surface area contributed by atoms with E-state index in [0.29, 0.717) is 32.1 Å². The third-order valence-electron chi connectivity index (χ3n) is 5.98. The van der Waals surface area contributed by atoms with Crippen LogP contribution in [0.4, 0.5) is 5.00 Å². The fourth-order valence-electron chi connectivity index (χ4n) is 4.35. The Bertz CT molecular complexity index is 1380. The zero-order valence-corrected chi connectivity index (χ0v) is 22.4. The maximum absolute atomic E-state index is 13.3. The fourth-order valence-corrected chi connectivity index (χ4v) is 7.50. The number of nitrogens with one attached hydrogen (secondary N) is 1. The van der Waals surface area contributed by atoms with Gasteiger partial charge in [0.15, 0.2) is 5.16 Å². The van der Waals surface area contributed by atoms with Crippen molar-refractivity contribution in [2.45, 2.75) is 42.7 Å². The van der Waals surface area contributed by atoms with Gasteiger partial charge in [0.2, 0.25) is 5.91 Å². The topological polar surface area (TPSA) is 99.5 Å². The molecule has 2 aromatic heterocycles. The van der Waals surface area contributed by atoms with E-state index in [-0.39, 0.29) is 23.8 Å². The van der Waals surface area contributed by atoms with Crippen LogP contribution in [-0.4, -0.2) is 46.6 Å². The second-order valence-electron chi connectivity index (χ2n) is 8.23. The number of hydrogen-bond acceptors (Lipinski definition) is 9. The van der Waals surface area contributed by atoms with E-state index >= 15 is 0 Å². The summed E-state index contributed by atoms with van der Waals surface area (Å²) in [5, 5.41) is 3.91. The van der Waals surface area contributed by atoms with Gasteiger partial charge < -0.3 is 14.8 Å². The molecule has 0 bridgehead atoms. The molecule has 2 aliphatic rings. The van der Waals surface area contributed by atoms with Crippen LogP contribution >= 0.6 is 34.9 Å². The highest BCUT2D eigenvalue weighted by Gasteiger charge is 2.29. The molecule has 1 N–H and O–H groups in total. The first-order valence-electron chi connectivity index (χ1n) is 11.7. The number of carbonyl (C=O) groups excluding carboxylic acids is 2. The minimum absolute atomic E-state index is 0.0410. The van der Waals surface area contributed by atoms with Gasteiger partial charge >= 0.3 is 5.97 Å². The molecule has 0 radical (unpaired) electrons. The van der Waals surface area contributed by atoms with Gasteiger partial charge in [-0.2, -0.15) is 0 Å². The lowest BCUT2D eigenvalue weighted by Gasteiger charge is -2.14. The number of anilines is 1. The van der Waals surface area contributed by atoms with Crippen molar-refractivity contribution < 1.29 is 19.1 Å². The average Bonchev–Trinajstić information content (AvgIpc) is 3.59. The molecule has 0 fully saturated rings. The summed E-state index contributed by atoms with van der Waals surface area (Å²) in [5.41, 5.74) is 2.78. The number of nitrogens with zero attached hydrogens (tertiary/aromatic N) is 2. The number of thioether (sulfide) groups is 2. The number of carbonyl (C=O) groups is 2. The molecule has 1 amide bonds. The summed E-state index contributed by atoms with van der Waals surface area (Å²) >= 11 is 4.16. The molecule has 0 spiro atoms. The second kappa shape index (κ2) is 10.7. The van der Waals surface area contributed by atoms with Crippen molar-refractivity contribution in [2.75, 3.05) is 30.5 Å². The van der Waals surface area contributed by atoms with E-state index in [1.54, 1.807) is 42.9 Å². The normalized spacial score (nSPS) is 13.8. The lowest BCUT2D eigenvalue weighted by Crippen LogP contribution is -2.24. The second-order valence-corrected chi connectivity index (χ2v) is 11.4. The van der Waals surface area contributed by atoms with Crippen LogP contribution in [0.15, 0.2) is 39.1 Å². The Morgan fingerprint density at radius 1 is 1.19 bits per heavy atom. The van der Waals surface area contributed by atoms with E-state index in [9.17, 15) is 14.4 Å². The standard InChI is InChI=1S/C25H25N3O5S3/c1-3-33-24(31)20-16-5-4-6-18(16)36-22(20)27-19(29)13-35-25-26-17-11-12-34-21(17)23(30)28(25)14-7-9-15(32-2)10-8-14/h7-10H,3-6,11-13H2,1-2H3,(H,27,29). The number of fused-ring (bicyclic) bond motifs is 2. The average molecular weight is 544 g/mol. The Kier molecular flexibility index (Phi) is 7.40. The van der Waals surface area contributed by atoms with Gasteiger partial charge in [0, 0.05) is 17.1 Å². The Balaban J connectivity index is 1.39. The lowest BCUT2D eigenvalue weighted by molar-refractivity contribution is -0.113. The quantitative estimate of drug-likeness (QED) is 0.254. The Morgan fingerprint density at radius 2 is 2.00 bits per heavy atom. The lowest BCUT2D eigenvalue weighted by atomic mass is 10.1. The summed E-state index contributed by atoms with van der Waals surface area (Å²) < 4.78 is 12.0. The highest BCUT2D eigenvalue weighted by atomic mass is 32.2. The number of hydrogen-bond donors (Lipinski definition) is 1. The largest absolute Gasteiger partial charge is 0.497 e. The molecular formula is C25H25N3O5S3. The molecule has 0 unspecified atom stereocenters. The molecule has 1 aliphatic heterocycles. The van der Waals surface area contributed by atoms with E-state index in [2.05, 4.69) is 5.32 Å². The number of esters is 1. The molecule has 3 aromatic rings. The van der Waals surface area contributed by atoms with Gasteiger partial charge in [-0.25, -0.2) is 9.78 Å². The molecule has 0 saturated heterocycles. The maximum atomic E-state index is 13.3. The van der Waals surface area contributed by atoms with Crippen LogP contribution in [0.25, 0.3) is 5.69 Å². The molecule has 0 saturated carbocycles. The highest BCUT2D eigenvalue weighted by molar-refractivity contribution is 8.00. The van der Waals surface area contributed by atoms with Gasteiger partial charge in [-0.3, -0.25) is 14.2 Å². The van der Waals surface area contributed by atoms with Crippen LogP contribution in [0.3, 0.4) is 0 Å². The van der Waals surface area contributed by atoms with Crippen molar-refractivity contribution in [1.29, 1.82) is 0 Å². The Labute approximate surface area is 220 Å². The van der Waals surface area contributed by atoms with E-state index in [1.807, 2.05) is 0 Å². The first-order chi connectivity index (χ1) is 17.5. The molecule has 5 rings (SSSR count). The smallest absolute Gasteiger partial charge is 0.341 e. The summed E-state index contributed by atoms with van der Waals surface area (Å²) in [6.07, 6.45) is 3.45. The van der Waals surface area contributed by atoms with Crippen LogP contribution in [-0.2, 0) is 28.8 Å². The maximum Gasteiger partial charge on any atom is 0.341 e. The predicted octanol–water partition coefficient (Wildman–Crippen LogP) is 4.35. The Morgan fingerprint density at radius 3 is 2.75 bits per heavy atom. The summed E-state index contributed by atoms with van der Waals surface area (Å²) in [5.74, 6) is 0.874. The number of amides is 1. The number of benzene rings is 1. The number of ether oxygens (including phenoxy) is 2. The van der Waals surface area contributed by atoms with Crippen LogP contribution in [0.5, 0.6) is 5.75 Å². The van der Waals surface area contributed by atoms with Gasteiger partial charge in [0.25, 0.3) is 5.56 Å². The van der Waals surface area contributed by atoms with Crippen molar-refractivity contribution >= 4 is 51.7 Å². The predicted molar refractivity (Wildman–Crippen MR) is 142 cm³/mol. The van der Waals surface area contributed by atoms with Crippen molar-refractivity contribution in [1.82, 2.24) is 9.55 Å². The summed E-state index contributed by atoms with van der Waals surface area (Å²) in [7, 11) is 1.59. The van der Waals surface area contributed by atoms with E-state index < -0.39 is 5.97 Å². The molecule has 0 atom stereocenters. The zero-order valence-electron chi connectivity index (χ0n) is 19.9. The SMILES string of the molecule is CCOC(=O)c1c(NC(=O)CSc2nc3c(c(=O)n2-c2ccc(OC)cc2)SCC3)sc2c1CCC2. The van der Waals surface area contributed by atoms with Gasteiger partial charge in [-0.05, 0) is 56.0 Å². The molecule has 11 heteroatoms. The monoisotopic (exact) mass is 543 g/mol. The summed E-state index contributed by atoms with van der Waals surface area (Å²) in [6.45, 7) is 2.04. The minimum atomic E-state index is -0.397. The minimum Gasteiger partial charge on any atom is -0.497 e. The summed E-state index contributed by atoms with van der Waals surface area (Å²) in [6, 6.07) is 7.18. The van der Waals surface area contributed by atoms with E-state index in [4.69, 9.17) is 14.5 Å². The molecule has 8 nitrogen and oxygen atoms in total. The van der Waals surface area contributed by atoms with E-state index in [1.165, 1.54) is 34.9 Å². The van der Waals surface area contributed by atoms with Gasteiger partial charge in [-0.1, -0.05) is 11.8 Å². The zero-order chi connectivity index (χ0) is 25.2. The highest BCUT2D eigenvalue weighted by Crippen LogP contribution is 2.39. The number of thiophene rings is 1. The summed E-state index contributed by atoms with van der Waals surface area (Å²) in [4.78, 5) is 45.5. The van der Waals surface area contributed by atoms with Crippen LogP contribution < -0.4 is 15.6 Å². The molecule has 188 valence electrons. The fraction of sp³-hybridized carbons (Fsp3) is 0.360. The Hall–Kier alpha value is -2.76. The van der Waals surface area contributed by atoms with Crippen molar-refractivity contribution in [3.05, 3.63) is 56.3 Å². The first-order valence-corrected chi connectivity index (χ1v) is 14.5. The molecular weight excluding hydrogens is 518 g/mol. The van der Waals surface area contributed by atoms with Crippen LogP contribution in [0.1, 0.15) is 39.8 Å². The van der Waals surface area contributed by atoms with Crippen molar-refractivity contribution in [3.8, 4) is 11.4 Å². The van der Waals surface area contributed by atoms with E-state index in [0.717, 1.165) is 47.6 Å². The molecule has 3 heterocycles. The third-order valence-corrected chi connectivity index (χ3v) is 9.24. The van der Waals surface area contributed by atoms with Crippen molar-refractivity contribution in [2.24, 2.45) is 0 Å². The number of aromatic nitrogens is 2. The number of rotatable bonds is 8. The first kappa shape index (κ1) is 24.9. The van der Waals surface area contributed by atoms with Crippen molar-refractivity contribution in [3.63, 3.8) is 0 Å². The molecule has 1 aromatic carbocycles.